The number of hydrogen-bond donors (Lipinski definition) is 0. The van der Waals surface area contributed by atoms with Crippen molar-refractivity contribution in [3.63, 3.8) is 0 Å². The van der Waals surface area contributed by atoms with E-state index in [-0.39, 0.29) is 0 Å². The van der Waals surface area contributed by atoms with Crippen LogP contribution in [0.4, 0.5) is 5.69 Å². The Hall–Kier alpha value is -2.00. The average Bonchev–Trinajstić information content (AvgIpc) is 2.62. The second-order valence-electron chi connectivity index (χ2n) is 6.17. The number of hydrogen-bond acceptors (Lipinski definition) is 3. The molecule has 0 radical (unpaired) electrons. The third-order valence-corrected chi connectivity index (χ3v) is 4.69. The molecule has 0 N–H and O–H groups in total. The van der Waals surface area contributed by atoms with Crippen molar-refractivity contribution in [2.24, 2.45) is 0 Å². The quantitative estimate of drug-likeness (QED) is 0.835. The van der Waals surface area contributed by atoms with E-state index in [9.17, 15) is 0 Å². The first-order valence-corrected chi connectivity index (χ1v) is 8.47. The van der Waals surface area contributed by atoms with Crippen LogP contribution in [0.25, 0.3) is 0 Å². The van der Waals surface area contributed by atoms with Gasteiger partial charge < -0.3 is 9.64 Å². The molecule has 1 heterocycles. The molecule has 0 amide bonds. The van der Waals surface area contributed by atoms with Crippen molar-refractivity contribution in [3.05, 3.63) is 60.2 Å². The smallest absolute Gasteiger partial charge is 0.119 e. The Labute approximate surface area is 139 Å². The minimum atomic E-state index is 0.570. The van der Waals surface area contributed by atoms with Crippen molar-refractivity contribution in [2.75, 3.05) is 31.6 Å². The van der Waals surface area contributed by atoms with E-state index in [0.29, 0.717) is 6.04 Å². The Morgan fingerprint density at radius 1 is 1.00 bits per heavy atom. The third kappa shape index (κ3) is 3.85. The summed E-state index contributed by atoms with van der Waals surface area (Å²) >= 11 is 0. The second-order valence-corrected chi connectivity index (χ2v) is 6.17. The minimum absolute atomic E-state index is 0.570. The van der Waals surface area contributed by atoms with Crippen LogP contribution in [-0.4, -0.2) is 37.7 Å². The van der Waals surface area contributed by atoms with E-state index in [2.05, 4.69) is 71.3 Å². The van der Waals surface area contributed by atoms with Gasteiger partial charge in [0.1, 0.15) is 5.75 Å². The van der Waals surface area contributed by atoms with Crippen molar-refractivity contribution >= 4 is 5.69 Å². The highest BCUT2D eigenvalue weighted by atomic mass is 16.5. The van der Waals surface area contributed by atoms with Gasteiger partial charge in [0.2, 0.25) is 0 Å². The molecule has 1 saturated heterocycles. The van der Waals surface area contributed by atoms with E-state index in [1.165, 1.54) is 11.3 Å². The molecule has 0 spiro atoms. The lowest BCUT2D eigenvalue weighted by Crippen LogP contribution is -2.52. The van der Waals surface area contributed by atoms with Gasteiger partial charge in [0.25, 0.3) is 0 Å². The van der Waals surface area contributed by atoms with Crippen LogP contribution in [-0.2, 0) is 6.54 Å². The van der Waals surface area contributed by atoms with E-state index in [4.69, 9.17) is 4.74 Å². The Balaban J connectivity index is 1.66. The molecule has 23 heavy (non-hydrogen) atoms. The third-order valence-electron chi connectivity index (χ3n) is 4.69. The number of piperazine rings is 1. The fraction of sp³-hybridized carbons (Fsp3) is 0.400. The molecule has 1 unspecified atom stereocenters. The lowest BCUT2D eigenvalue weighted by atomic mass is 10.1. The molecule has 122 valence electrons. The van der Waals surface area contributed by atoms with Gasteiger partial charge in [-0.25, -0.2) is 0 Å². The number of rotatable bonds is 5. The number of nitrogens with zero attached hydrogens (tertiary/aromatic N) is 2. The SMILES string of the molecule is CCC1CN(Cc2ccccc2)CCN1c1ccc(OC)cc1. The molecule has 0 bridgehead atoms. The number of anilines is 1. The van der Waals surface area contributed by atoms with E-state index in [1.807, 2.05) is 0 Å². The summed E-state index contributed by atoms with van der Waals surface area (Å²) in [5.74, 6) is 0.921. The maximum absolute atomic E-state index is 5.27. The molecule has 0 aromatic heterocycles. The maximum Gasteiger partial charge on any atom is 0.119 e. The lowest BCUT2D eigenvalue weighted by molar-refractivity contribution is 0.212. The van der Waals surface area contributed by atoms with Crippen LogP contribution in [0, 0.1) is 0 Å². The first-order chi connectivity index (χ1) is 11.3. The van der Waals surface area contributed by atoms with Crippen LogP contribution in [0.15, 0.2) is 54.6 Å². The van der Waals surface area contributed by atoms with Gasteiger partial charge in [-0.3, -0.25) is 4.90 Å². The van der Waals surface area contributed by atoms with Gasteiger partial charge >= 0.3 is 0 Å². The largest absolute Gasteiger partial charge is 0.497 e. The molecule has 2 aromatic rings. The van der Waals surface area contributed by atoms with E-state index >= 15 is 0 Å². The molecule has 1 atom stereocenters. The van der Waals surface area contributed by atoms with Gasteiger partial charge in [-0.05, 0) is 36.2 Å². The number of benzene rings is 2. The number of ether oxygens (including phenoxy) is 1. The molecular formula is C20H26N2O. The molecule has 0 aliphatic carbocycles. The Morgan fingerprint density at radius 3 is 2.39 bits per heavy atom. The van der Waals surface area contributed by atoms with E-state index in [0.717, 1.165) is 38.3 Å². The van der Waals surface area contributed by atoms with Crippen molar-refractivity contribution in [2.45, 2.75) is 25.9 Å². The first-order valence-electron chi connectivity index (χ1n) is 8.47. The predicted octanol–water partition coefficient (Wildman–Crippen LogP) is 3.80. The van der Waals surface area contributed by atoms with Gasteiger partial charge in [0, 0.05) is 37.9 Å². The highest BCUT2D eigenvalue weighted by Crippen LogP contribution is 2.25. The molecule has 1 aliphatic heterocycles. The Kier molecular flexibility index (Phi) is 5.19. The fourth-order valence-electron chi connectivity index (χ4n) is 3.37. The zero-order valence-corrected chi connectivity index (χ0v) is 14.1. The van der Waals surface area contributed by atoms with Gasteiger partial charge in [-0.15, -0.1) is 0 Å². The Morgan fingerprint density at radius 2 is 1.74 bits per heavy atom. The van der Waals surface area contributed by atoms with E-state index in [1.54, 1.807) is 7.11 Å². The van der Waals surface area contributed by atoms with Gasteiger partial charge in [-0.2, -0.15) is 0 Å². The van der Waals surface area contributed by atoms with Gasteiger partial charge in [0.15, 0.2) is 0 Å². The number of methoxy groups -OCH3 is 1. The predicted molar refractivity (Wildman–Crippen MR) is 96.1 cm³/mol. The molecule has 3 nitrogen and oxygen atoms in total. The lowest BCUT2D eigenvalue weighted by Gasteiger charge is -2.42. The van der Waals surface area contributed by atoms with Crippen LogP contribution in [0.1, 0.15) is 18.9 Å². The molecule has 0 saturated carbocycles. The van der Waals surface area contributed by atoms with Crippen LogP contribution >= 0.6 is 0 Å². The van der Waals surface area contributed by atoms with E-state index < -0.39 is 0 Å². The summed E-state index contributed by atoms with van der Waals surface area (Å²) in [5.41, 5.74) is 2.71. The topological polar surface area (TPSA) is 15.7 Å². The fourth-order valence-corrected chi connectivity index (χ4v) is 3.37. The normalized spacial score (nSPS) is 18.9. The monoisotopic (exact) mass is 310 g/mol. The van der Waals surface area contributed by atoms with Gasteiger partial charge in [-0.1, -0.05) is 37.3 Å². The molecule has 3 heteroatoms. The highest BCUT2D eigenvalue weighted by Gasteiger charge is 2.25. The van der Waals surface area contributed by atoms with Crippen LogP contribution in [0.3, 0.4) is 0 Å². The summed E-state index contributed by atoms with van der Waals surface area (Å²) in [4.78, 5) is 5.12. The minimum Gasteiger partial charge on any atom is -0.497 e. The summed E-state index contributed by atoms with van der Waals surface area (Å²) in [6.07, 6.45) is 1.16. The summed E-state index contributed by atoms with van der Waals surface area (Å²) in [6, 6.07) is 19.8. The molecular weight excluding hydrogens is 284 g/mol. The van der Waals surface area contributed by atoms with Crippen LogP contribution in [0.2, 0.25) is 0 Å². The van der Waals surface area contributed by atoms with Crippen LogP contribution < -0.4 is 9.64 Å². The summed E-state index contributed by atoms with van der Waals surface area (Å²) in [6.45, 7) is 6.65. The summed E-state index contributed by atoms with van der Waals surface area (Å²) < 4.78 is 5.27. The van der Waals surface area contributed by atoms with Crippen molar-refractivity contribution in [3.8, 4) is 5.75 Å². The van der Waals surface area contributed by atoms with Crippen molar-refractivity contribution in [1.29, 1.82) is 0 Å². The highest BCUT2D eigenvalue weighted by molar-refractivity contribution is 5.50. The summed E-state index contributed by atoms with van der Waals surface area (Å²) in [5, 5.41) is 0. The Bertz CT molecular complexity index is 597. The molecule has 1 aliphatic rings. The zero-order valence-electron chi connectivity index (χ0n) is 14.1. The molecule has 2 aromatic carbocycles. The standard InChI is InChI=1S/C20H26N2O/c1-3-18-16-21(15-17-7-5-4-6-8-17)13-14-22(18)19-9-11-20(23-2)12-10-19/h4-12,18H,3,13-16H2,1-2H3. The molecule has 1 fully saturated rings. The van der Waals surface area contributed by atoms with Crippen LogP contribution in [0.5, 0.6) is 5.75 Å². The maximum atomic E-state index is 5.27. The zero-order chi connectivity index (χ0) is 16.1. The second kappa shape index (κ2) is 7.51. The summed E-state index contributed by atoms with van der Waals surface area (Å²) in [7, 11) is 1.71. The average molecular weight is 310 g/mol. The molecule has 3 rings (SSSR count). The van der Waals surface area contributed by atoms with Crippen molar-refractivity contribution in [1.82, 2.24) is 4.90 Å². The first kappa shape index (κ1) is 15.9. The van der Waals surface area contributed by atoms with Crippen molar-refractivity contribution < 1.29 is 4.74 Å². The van der Waals surface area contributed by atoms with Gasteiger partial charge in [0.05, 0.1) is 7.11 Å².